The third-order valence-corrected chi connectivity index (χ3v) is 6.32. The van der Waals surface area contributed by atoms with Crippen LogP contribution < -0.4 is 0 Å². The first-order chi connectivity index (χ1) is 18.3. The van der Waals surface area contributed by atoms with Gasteiger partial charge in [0.15, 0.2) is 0 Å². The molecule has 0 aromatic heterocycles. The zero-order chi connectivity index (χ0) is 30.2. The summed E-state index contributed by atoms with van der Waals surface area (Å²) in [6.07, 6.45) is -7.18. The van der Waals surface area contributed by atoms with Gasteiger partial charge >= 0.3 is 35.8 Å². The first kappa shape index (κ1) is 31.6. The third-order valence-electron chi connectivity index (χ3n) is 6.32. The molecule has 2 nitrogen and oxygen atoms in total. The molecule has 0 radical (unpaired) electrons. The standard InChI is InChI=1S/C25H21F13N2/c26-20(27,21(28,29)22(30,31)23(32,33)24(34,35)25(36,37)38)19(15-17-7-3-1-4-8-17)40-13-11-39(12-14-40)16-18-9-5-2-6-10-18/h1-10,15H,11-14,16H2/b19-15-. The second-order valence-corrected chi connectivity index (χ2v) is 9.06. The normalized spacial score (nSPS) is 17.3. The minimum Gasteiger partial charge on any atom is -0.367 e. The number of allylic oxidation sites excluding steroid dienone is 1. The van der Waals surface area contributed by atoms with Gasteiger partial charge in [-0.25, -0.2) is 0 Å². The first-order valence-electron chi connectivity index (χ1n) is 11.5. The molecular weight excluding hydrogens is 575 g/mol. The summed E-state index contributed by atoms with van der Waals surface area (Å²) in [7, 11) is 0. The van der Waals surface area contributed by atoms with Crippen LogP contribution in [0, 0.1) is 0 Å². The number of halogens is 13. The molecule has 1 fully saturated rings. The van der Waals surface area contributed by atoms with E-state index in [0.29, 0.717) is 4.90 Å². The van der Waals surface area contributed by atoms with Crippen LogP contribution in [0.4, 0.5) is 57.1 Å². The Morgan fingerprint density at radius 2 is 1.02 bits per heavy atom. The van der Waals surface area contributed by atoms with Crippen LogP contribution in [-0.4, -0.2) is 71.8 Å². The Hall–Kier alpha value is -2.97. The van der Waals surface area contributed by atoms with Crippen molar-refractivity contribution in [2.24, 2.45) is 0 Å². The maximum absolute atomic E-state index is 15.3. The quantitative estimate of drug-likeness (QED) is 0.276. The van der Waals surface area contributed by atoms with Crippen LogP contribution in [0.1, 0.15) is 11.1 Å². The fourth-order valence-electron chi connectivity index (χ4n) is 4.01. The van der Waals surface area contributed by atoms with Gasteiger partial charge in [0, 0.05) is 32.7 Å². The van der Waals surface area contributed by atoms with Crippen molar-refractivity contribution in [3.63, 3.8) is 0 Å². The molecule has 1 saturated heterocycles. The summed E-state index contributed by atoms with van der Waals surface area (Å²) in [5.41, 5.74) is -1.44. The van der Waals surface area contributed by atoms with Gasteiger partial charge in [-0.05, 0) is 17.2 Å². The lowest BCUT2D eigenvalue weighted by Crippen LogP contribution is -2.71. The van der Waals surface area contributed by atoms with E-state index in [1.54, 1.807) is 35.2 Å². The van der Waals surface area contributed by atoms with Crippen molar-refractivity contribution in [2.75, 3.05) is 26.2 Å². The molecule has 2 aromatic rings. The molecule has 0 bridgehead atoms. The number of nitrogens with zero attached hydrogens (tertiary/aromatic N) is 2. The molecule has 1 aliphatic heterocycles. The smallest absolute Gasteiger partial charge is 0.367 e. The van der Waals surface area contributed by atoms with E-state index in [4.69, 9.17) is 0 Å². The minimum atomic E-state index is -7.95. The Morgan fingerprint density at radius 3 is 1.50 bits per heavy atom. The summed E-state index contributed by atoms with van der Waals surface area (Å²) in [4.78, 5) is 2.17. The van der Waals surface area contributed by atoms with E-state index in [2.05, 4.69) is 0 Å². The van der Waals surface area contributed by atoms with E-state index in [-0.39, 0.29) is 31.3 Å². The fourth-order valence-corrected chi connectivity index (χ4v) is 4.01. The molecule has 0 saturated carbocycles. The predicted octanol–water partition coefficient (Wildman–Crippen LogP) is 7.58. The highest BCUT2D eigenvalue weighted by atomic mass is 19.4. The maximum Gasteiger partial charge on any atom is 0.460 e. The predicted molar refractivity (Wildman–Crippen MR) is 119 cm³/mol. The van der Waals surface area contributed by atoms with E-state index < -0.39 is 54.6 Å². The molecule has 40 heavy (non-hydrogen) atoms. The molecular formula is C25H21F13N2. The third kappa shape index (κ3) is 5.48. The van der Waals surface area contributed by atoms with Gasteiger partial charge in [0.2, 0.25) is 0 Å². The zero-order valence-corrected chi connectivity index (χ0v) is 20.2. The monoisotopic (exact) mass is 596 g/mol. The van der Waals surface area contributed by atoms with Crippen molar-refractivity contribution in [1.29, 1.82) is 0 Å². The SMILES string of the molecule is FC(F)(F)C(F)(F)C(F)(F)C(F)(F)C(F)(F)C(F)(F)/C(=C/c1ccccc1)N1CCN(Cc2ccccc2)CC1. The van der Waals surface area contributed by atoms with E-state index in [9.17, 15) is 48.3 Å². The number of alkyl halides is 13. The molecule has 0 amide bonds. The summed E-state index contributed by atoms with van der Waals surface area (Å²) in [6, 6.07) is 14.6. The number of rotatable bonds is 9. The van der Waals surface area contributed by atoms with Gasteiger partial charge < -0.3 is 4.90 Å². The van der Waals surface area contributed by atoms with Crippen molar-refractivity contribution in [3.8, 4) is 0 Å². The Balaban J connectivity index is 2.00. The van der Waals surface area contributed by atoms with E-state index >= 15 is 8.78 Å². The Kier molecular flexibility index (Phi) is 8.51. The molecule has 1 heterocycles. The van der Waals surface area contributed by atoms with Crippen LogP contribution in [-0.2, 0) is 6.54 Å². The van der Waals surface area contributed by atoms with Gasteiger partial charge in [-0.1, -0.05) is 60.7 Å². The lowest BCUT2D eigenvalue weighted by molar-refractivity contribution is -0.437. The van der Waals surface area contributed by atoms with Gasteiger partial charge in [-0.3, -0.25) is 4.90 Å². The lowest BCUT2D eigenvalue weighted by atomic mass is 9.91. The summed E-state index contributed by atoms with van der Waals surface area (Å²) in [6.45, 7) is -0.936. The largest absolute Gasteiger partial charge is 0.460 e. The molecule has 3 rings (SSSR count). The molecule has 0 spiro atoms. The zero-order valence-electron chi connectivity index (χ0n) is 20.2. The van der Waals surface area contributed by atoms with Crippen LogP contribution in [0.2, 0.25) is 0 Å². The van der Waals surface area contributed by atoms with E-state index in [0.717, 1.165) is 17.7 Å². The van der Waals surface area contributed by atoms with Crippen molar-refractivity contribution >= 4 is 6.08 Å². The average molecular weight is 596 g/mol. The summed E-state index contributed by atoms with van der Waals surface area (Å²) in [5.74, 6) is -37.3. The summed E-state index contributed by atoms with van der Waals surface area (Å²) < 4.78 is 180. The minimum absolute atomic E-state index is 0.0959. The van der Waals surface area contributed by atoms with Gasteiger partial charge in [0.05, 0.1) is 5.70 Å². The topological polar surface area (TPSA) is 6.48 Å². The second-order valence-electron chi connectivity index (χ2n) is 9.06. The van der Waals surface area contributed by atoms with Gasteiger partial charge in [-0.15, -0.1) is 0 Å². The number of hydrogen-bond acceptors (Lipinski definition) is 2. The molecule has 0 atom stereocenters. The van der Waals surface area contributed by atoms with Gasteiger partial charge in [-0.2, -0.15) is 57.1 Å². The lowest BCUT2D eigenvalue weighted by Gasteiger charge is -2.44. The fraction of sp³-hybridized carbons (Fsp3) is 0.440. The van der Waals surface area contributed by atoms with Crippen LogP contribution in [0.5, 0.6) is 0 Å². The Morgan fingerprint density at radius 1 is 0.575 bits per heavy atom. The van der Waals surface area contributed by atoms with Crippen molar-refractivity contribution in [2.45, 2.75) is 42.3 Å². The van der Waals surface area contributed by atoms with Crippen molar-refractivity contribution in [1.82, 2.24) is 9.80 Å². The number of piperazine rings is 1. The van der Waals surface area contributed by atoms with Crippen LogP contribution in [0.3, 0.4) is 0 Å². The van der Waals surface area contributed by atoms with Gasteiger partial charge in [0.1, 0.15) is 0 Å². The van der Waals surface area contributed by atoms with E-state index in [1.165, 1.54) is 18.2 Å². The van der Waals surface area contributed by atoms with Crippen molar-refractivity contribution in [3.05, 3.63) is 77.5 Å². The molecule has 15 heteroatoms. The molecule has 222 valence electrons. The van der Waals surface area contributed by atoms with Crippen LogP contribution in [0.15, 0.2) is 66.4 Å². The van der Waals surface area contributed by atoms with Crippen molar-refractivity contribution < 1.29 is 57.1 Å². The number of benzene rings is 2. The molecule has 0 aliphatic carbocycles. The average Bonchev–Trinajstić information content (AvgIpc) is 2.88. The highest BCUT2D eigenvalue weighted by Gasteiger charge is 2.91. The highest BCUT2D eigenvalue weighted by Crippen LogP contribution is 2.61. The van der Waals surface area contributed by atoms with Crippen LogP contribution in [0.25, 0.3) is 6.08 Å². The molecule has 0 N–H and O–H groups in total. The van der Waals surface area contributed by atoms with Gasteiger partial charge in [0.25, 0.3) is 0 Å². The maximum atomic E-state index is 15.3. The Bertz CT molecular complexity index is 1150. The summed E-state index contributed by atoms with van der Waals surface area (Å²) in [5, 5.41) is 0. The summed E-state index contributed by atoms with van der Waals surface area (Å²) >= 11 is 0. The first-order valence-corrected chi connectivity index (χ1v) is 11.5. The number of hydrogen-bond donors (Lipinski definition) is 0. The second kappa shape index (κ2) is 10.8. The highest BCUT2D eigenvalue weighted by molar-refractivity contribution is 5.55. The molecule has 0 unspecified atom stereocenters. The molecule has 1 aliphatic rings. The molecule has 2 aromatic carbocycles. The van der Waals surface area contributed by atoms with Crippen LogP contribution >= 0.6 is 0 Å². The van der Waals surface area contributed by atoms with E-state index in [1.807, 2.05) is 0 Å². The Labute approximate surface area is 219 Å².